The Hall–Kier alpha value is -2.27. The van der Waals surface area contributed by atoms with Crippen LogP contribution in [-0.2, 0) is 9.53 Å². The summed E-state index contributed by atoms with van der Waals surface area (Å²) in [5.74, 6) is 0.210. The third kappa shape index (κ3) is 4.63. The lowest BCUT2D eigenvalue weighted by atomic mass is 10.2. The molecule has 0 spiro atoms. The lowest BCUT2D eigenvalue weighted by Crippen LogP contribution is -2.14. The van der Waals surface area contributed by atoms with E-state index in [-0.39, 0.29) is 12.6 Å². The molecular formula is C17H16O4S. The molecule has 5 heteroatoms. The van der Waals surface area contributed by atoms with Crippen molar-refractivity contribution in [1.29, 1.82) is 0 Å². The molecule has 114 valence electrons. The first kappa shape index (κ1) is 16.1. The fourth-order valence-corrected chi connectivity index (χ4v) is 2.65. The second kappa shape index (κ2) is 8.24. The highest BCUT2D eigenvalue weighted by molar-refractivity contribution is 7.99. The average molecular weight is 316 g/mol. The van der Waals surface area contributed by atoms with Gasteiger partial charge < -0.3 is 9.47 Å². The van der Waals surface area contributed by atoms with Crippen molar-refractivity contribution in [1.82, 2.24) is 0 Å². The van der Waals surface area contributed by atoms with E-state index in [0.717, 1.165) is 16.1 Å². The van der Waals surface area contributed by atoms with Crippen LogP contribution in [0.2, 0.25) is 0 Å². The molecule has 2 rings (SSSR count). The van der Waals surface area contributed by atoms with Crippen LogP contribution in [0.25, 0.3) is 0 Å². The number of carbonyl (C=O) groups is 2. The fraction of sp³-hybridized carbons (Fsp3) is 0.176. The smallest absolute Gasteiger partial charge is 0.344 e. The zero-order chi connectivity index (χ0) is 15.8. The van der Waals surface area contributed by atoms with Gasteiger partial charge >= 0.3 is 5.97 Å². The van der Waals surface area contributed by atoms with Crippen molar-refractivity contribution in [2.75, 3.05) is 13.2 Å². The third-order valence-corrected chi connectivity index (χ3v) is 3.86. The van der Waals surface area contributed by atoms with Gasteiger partial charge in [-0.1, -0.05) is 30.0 Å². The third-order valence-electron chi connectivity index (χ3n) is 2.76. The summed E-state index contributed by atoms with van der Waals surface area (Å²) in [5, 5.41) is 0. The summed E-state index contributed by atoms with van der Waals surface area (Å²) in [6.45, 7) is 1.99. The Labute approximate surface area is 133 Å². The van der Waals surface area contributed by atoms with Gasteiger partial charge in [0.25, 0.3) is 0 Å². The summed E-state index contributed by atoms with van der Waals surface area (Å²) >= 11 is 1.50. The average Bonchev–Trinajstić information content (AvgIpc) is 2.55. The van der Waals surface area contributed by atoms with Crippen LogP contribution in [0.15, 0.2) is 58.3 Å². The monoisotopic (exact) mass is 316 g/mol. The Kier molecular flexibility index (Phi) is 6.03. The number of ether oxygens (including phenoxy) is 2. The van der Waals surface area contributed by atoms with E-state index in [4.69, 9.17) is 9.47 Å². The molecule has 0 fully saturated rings. The van der Waals surface area contributed by atoms with Gasteiger partial charge in [-0.05, 0) is 37.3 Å². The standard InChI is InChI=1S/C17H16O4S/c1-2-20-17(19)12-21-14-7-9-15(10-8-14)22-16-6-4-3-5-13(16)11-18/h3-11H,2,12H2,1H3. The van der Waals surface area contributed by atoms with Crippen LogP contribution in [0, 0.1) is 0 Å². The normalized spacial score (nSPS) is 10.0. The minimum Gasteiger partial charge on any atom is -0.482 e. The second-order valence-electron chi connectivity index (χ2n) is 4.32. The van der Waals surface area contributed by atoms with Gasteiger partial charge in [-0.15, -0.1) is 0 Å². The predicted octanol–water partition coefficient (Wildman–Crippen LogP) is 3.59. The van der Waals surface area contributed by atoms with E-state index in [2.05, 4.69) is 0 Å². The van der Waals surface area contributed by atoms with Crippen LogP contribution < -0.4 is 4.74 Å². The Morgan fingerprint density at radius 2 is 1.86 bits per heavy atom. The molecule has 22 heavy (non-hydrogen) atoms. The van der Waals surface area contributed by atoms with Crippen molar-refractivity contribution < 1.29 is 19.1 Å². The van der Waals surface area contributed by atoms with E-state index < -0.39 is 0 Å². The summed E-state index contributed by atoms with van der Waals surface area (Å²) in [5.41, 5.74) is 0.662. The second-order valence-corrected chi connectivity index (χ2v) is 5.44. The summed E-state index contributed by atoms with van der Waals surface area (Å²) in [6.07, 6.45) is 0.846. The molecule has 2 aromatic rings. The van der Waals surface area contributed by atoms with E-state index >= 15 is 0 Å². The van der Waals surface area contributed by atoms with E-state index in [1.807, 2.05) is 30.3 Å². The first-order chi connectivity index (χ1) is 10.7. The van der Waals surface area contributed by atoms with Gasteiger partial charge in [-0.2, -0.15) is 0 Å². The highest BCUT2D eigenvalue weighted by Gasteiger charge is 2.05. The predicted molar refractivity (Wildman–Crippen MR) is 84.5 cm³/mol. The van der Waals surface area contributed by atoms with Crippen LogP contribution in [0.5, 0.6) is 5.75 Å². The van der Waals surface area contributed by atoms with E-state index in [0.29, 0.717) is 17.9 Å². The van der Waals surface area contributed by atoms with Crippen molar-refractivity contribution in [2.24, 2.45) is 0 Å². The summed E-state index contributed by atoms with van der Waals surface area (Å²) in [4.78, 5) is 24.1. The molecule has 0 saturated heterocycles. The molecule has 0 aromatic heterocycles. The van der Waals surface area contributed by atoms with Crippen molar-refractivity contribution in [3.8, 4) is 5.75 Å². The van der Waals surface area contributed by atoms with E-state index in [1.54, 1.807) is 25.1 Å². The number of hydrogen-bond donors (Lipinski definition) is 0. The maximum Gasteiger partial charge on any atom is 0.344 e. The molecular weight excluding hydrogens is 300 g/mol. The summed E-state index contributed by atoms with van der Waals surface area (Å²) in [7, 11) is 0. The molecule has 4 nitrogen and oxygen atoms in total. The minimum atomic E-state index is -0.388. The number of rotatable bonds is 7. The lowest BCUT2D eigenvalue weighted by molar-refractivity contribution is -0.145. The molecule has 0 N–H and O–H groups in total. The fourth-order valence-electron chi connectivity index (χ4n) is 1.75. The molecule has 0 radical (unpaired) electrons. The SMILES string of the molecule is CCOC(=O)COc1ccc(Sc2ccccc2C=O)cc1. The van der Waals surface area contributed by atoms with Crippen LogP contribution in [-0.4, -0.2) is 25.5 Å². The highest BCUT2D eigenvalue weighted by atomic mass is 32.2. The van der Waals surface area contributed by atoms with Crippen LogP contribution in [0.3, 0.4) is 0 Å². The first-order valence-corrected chi connectivity index (χ1v) is 7.65. The van der Waals surface area contributed by atoms with Crippen molar-refractivity contribution in [3.05, 3.63) is 54.1 Å². The number of aldehydes is 1. The van der Waals surface area contributed by atoms with Gasteiger partial charge in [-0.3, -0.25) is 4.79 Å². The molecule has 0 unspecified atom stereocenters. The maximum absolute atomic E-state index is 11.2. The zero-order valence-electron chi connectivity index (χ0n) is 12.2. The Bertz CT molecular complexity index is 637. The molecule has 0 aliphatic heterocycles. The van der Waals surface area contributed by atoms with Crippen LogP contribution >= 0.6 is 11.8 Å². The van der Waals surface area contributed by atoms with Gasteiger partial charge in [0.15, 0.2) is 12.9 Å². The van der Waals surface area contributed by atoms with Gasteiger partial charge in [0.1, 0.15) is 5.75 Å². The minimum absolute atomic E-state index is 0.103. The molecule has 0 bridgehead atoms. The topological polar surface area (TPSA) is 52.6 Å². The van der Waals surface area contributed by atoms with Crippen molar-refractivity contribution in [3.63, 3.8) is 0 Å². The molecule has 0 heterocycles. The zero-order valence-corrected chi connectivity index (χ0v) is 13.0. The summed E-state index contributed by atoms with van der Waals surface area (Å²) in [6, 6.07) is 14.7. The van der Waals surface area contributed by atoms with Crippen LogP contribution in [0.4, 0.5) is 0 Å². The highest BCUT2D eigenvalue weighted by Crippen LogP contribution is 2.30. The van der Waals surface area contributed by atoms with Gasteiger partial charge in [0.2, 0.25) is 0 Å². The number of hydrogen-bond acceptors (Lipinski definition) is 5. The molecule has 0 aliphatic rings. The van der Waals surface area contributed by atoms with Gasteiger partial charge in [0.05, 0.1) is 6.61 Å². The molecule has 0 saturated carbocycles. The largest absolute Gasteiger partial charge is 0.482 e. The first-order valence-electron chi connectivity index (χ1n) is 6.83. The van der Waals surface area contributed by atoms with Gasteiger partial charge in [0, 0.05) is 15.4 Å². The molecule has 2 aromatic carbocycles. The molecule has 0 atom stereocenters. The van der Waals surface area contributed by atoms with Crippen LogP contribution in [0.1, 0.15) is 17.3 Å². The van der Waals surface area contributed by atoms with E-state index in [9.17, 15) is 9.59 Å². The number of benzene rings is 2. The van der Waals surface area contributed by atoms with Crippen molar-refractivity contribution >= 4 is 24.0 Å². The molecule has 0 amide bonds. The van der Waals surface area contributed by atoms with Crippen molar-refractivity contribution in [2.45, 2.75) is 16.7 Å². The molecule has 0 aliphatic carbocycles. The number of carbonyl (C=O) groups excluding carboxylic acids is 2. The van der Waals surface area contributed by atoms with Gasteiger partial charge in [-0.25, -0.2) is 4.79 Å². The quantitative estimate of drug-likeness (QED) is 0.577. The van der Waals surface area contributed by atoms with E-state index in [1.165, 1.54) is 11.8 Å². The Morgan fingerprint density at radius 3 is 2.55 bits per heavy atom. The summed E-state index contributed by atoms with van der Waals surface area (Å²) < 4.78 is 10.1. The Balaban J connectivity index is 1.97. The number of esters is 1. The lowest BCUT2D eigenvalue weighted by Gasteiger charge is -2.07. The Morgan fingerprint density at radius 1 is 1.14 bits per heavy atom. The maximum atomic E-state index is 11.2.